The van der Waals surface area contributed by atoms with Crippen LogP contribution in [0.25, 0.3) is 76.9 Å². The molecule has 3 heterocycles. The predicted molar refractivity (Wildman–Crippen MR) is 199 cm³/mol. The first-order chi connectivity index (χ1) is 24.5. The molecule has 50 heavy (non-hydrogen) atoms. The third-order valence-electron chi connectivity index (χ3n) is 9.77. The van der Waals surface area contributed by atoms with Crippen molar-refractivity contribution >= 4 is 75.4 Å². The molecule has 236 valence electrons. The van der Waals surface area contributed by atoms with Crippen LogP contribution >= 0.6 is 0 Å². The lowest BCUT2D eigenvalue weighted by Gasteiger charge is -2.11. The molecule has 10 aromatic rings. The Hall–Kier alpha value is -6.62. The second-order valence-electron chi connectivity index (χ2n) is 12.5. The van der Waals surface area contributed by atoms with Gasteiger partial charge in [0.25, 0.3) is 0 Å². The van der Waals surface area contributed by atoms with E-state index in [-0.39, 0.29) is 9.79 Å². The lowest BCUT2D eigenvalue weighted by Crippen LogP contribution is -2.03. The van der Waals surface area contributed by atoms with Gasteiger partial charge < -0.3 is 13.6 Å². The van der Waals surface area contributed by atoms with Gasteiger partial charge in [0.2, 0.25) is 9.84 Å². The Morgan fingerprint density at radius 3 is 1.72 bits per heavy atom. The summed E-state index contributed by atoms with van der Waals surface area (Å²) in [7, 11) is -3.79. The molecular weight excluding hydrogens is 639 g/mol. The molecule has 0 spiro atoms. The molecule has 10 rings (SSSR count). The summed E-state index contributed by atoms with van der Waals surface area (Å²) in [5.74, 6) is 0. The number of hydrogen-bond acceptors (Lipinski definition) is 4. The number of rotatable bonds is 4. The van der Waals surface area contributed by atoms with Gasteiger partial charge in [-0.3, -0.25) is 0 Å². The minimum absolute atomic E-state index is 0.144. The SMILES string of the molecule is N#Cc1ccc(S(=O)(=O)c2ccc(-n3c4cc5oc6ccccc6c5cc4c4cc5c(cc43)c3ccccc3n5-c3ccccc3)cc2)cc1. The van der Waals surface area contributed by atoms with E-state index in [9.17, 15) is 13.7 Å². The van der Waals surface area contributed by atoms with Crippen LogP contribution in [0, 0.1) is 11.3 Å². The molecule has 0 saturated heterocycles. The van der Waals surface area contributed by atoms with E-state index in [0.717, 1.165) is 76.9 Å². The molecule has 0 aliphatic heterocycles. The van der Waals surface area contributed by atoms with Crippen molar-refractivity contribution in [2.45, 2.75) is 9.79 Å². The number of nitriles is 1. The Kier molecular flexibility index (Phi) is 5.93. The fourth-order valence-corrected chi connectivity index (χ4v) is 8.71. The van der Waals surface area contributed by atoms with E-state index in [4.69, 9.17) is 4.42 Å². The van der Waals surface area contributed by atoms with Crippen molar-refractivity contribution in [2.24, 2.45) is 0 Å². The van der Waals surface area contributed by atoms with Crippen molar-refractivity contribution in [3.05, 3.63) is 157 Å². The Morgan fingerprint density at radius 2 is 1.00 bits per heavy atom. The van der Waals surface area contributed by atoms with E-state index in [1.807, 2.05) is 42.5 Å². The van der Waals surface area contributed by atoms with Gasteiger partial charge in [0.1, 0.15) is 11.2 Å². The maximum absolute atomic E-state index is 13.6. The first-order valence-corrected chi connectivity index (χ1v) is 17.7. The molecule has 0 fully saturated rings. The van der Waals surface area contributed by atoms with Crippen LogP contribution in [0.5, 0.6) is 0 Å². The third kappa shape index (κ3) is 4.03. The molecular formula is C43H25N3O3S. The monoisotopic (exact) mass is 663 g/mol. The van der Waals surface area contributed by atoms with Crippen molar-refractivity contribution in [3.8, 4) is 17.4 Å². The summed E-state index contributed by atoms with van der Waals surface area (Å²) in [6, 6.07) is 50.9. The molecule has 0 bridgehead atoms. The van der Waals surface area contributed by atoms with E-state index < -0.39 is 9.84 Å². The molecule has 0 N–H and O–H groups in total. The Balaban J connectivity index is 1.27. The van der Waals surface area contributed by atoms with Crippen LogP contribution in [-0.2, 0) is 9.84 Å². The fraction of sp³-hybridized carbons (Fsp3) is 0. The van der Waals surface area contributed by atoms with Crippen molar-refractivity contribution in [1.29, 1.82) is 5.26 Å². The number of para-hydroxylation sites is 3. The third-order valence-corrected chi connectivity index (χ3v) is 11.6. The van der Waals surface area contributed by atoms with Crippen LogP contribution in [0.1, 0.15) is 5.56 Å². The highest BCUT2D eigenvalue weighted by Gasteiger charge is 2.22. The van der Waals surface area contributed by atoms with Gasteiger partial charge in [-0.05, 0) is 91.0 Å². The van der Waals surface area contributed by atoms with Crippen molar-refractivity contribution in [2.75, 3.05) is 0 Å². The van der Waals surface area contributed by atoms with Gasteiger partial charge in [-0.25, -0.2) is 8.42 Å². The van der Waals surface area contributed by atoms with Gasteiger partial charge in [-0.15, -0.1) is 0 Å². The molecule has 0 aliphatic carbocycles. The molecule has 0 aliphatic rings. The zero-order chi connectivity index (χ0) is 33.6. The summed E-state index contributed by atoms with van der Waals surface area (Å²) in [4.78, 5) is 0.324. The molecule has 0 atom stereocenters. The highest BCUT2D eigenvalue weighted by atomic mass is 32.2. The lowest BCUT2D eigenvalue weighted by molar-refractivity contribution is 0.596. The molecule has 0 unspecified atom stereocenters. The lowest BCUT2D eigenvalue weighted by atomic mass is 10.1. The van der Waals surface area contributed by atoms with Crippen molar-refractivity contribution in [1.82, 2.24) is 9.13 Å². The minimum atomic E-state index is -3.79. The van der Waals surface area contributed by atoms with Crippen LogP contribution in [0.4, 0.5) is 0 Å². The number of benzene rings is 7. The molecule has 7 aromatic carbocycles. The van der Waals surface area contributed by atoms with Crippen molar-refractivity contribution in [3.63, 3.8) is 0 Å². The summed E-state index contributed by atoms with van der Waals surface area (Å²) in [5, 5.41) is 15.7. The molecule has 0 amide bonds. The second-order valence-corrected chi connectivity index (χ2v) is 14.5. The van der Waals surface area contributed by atoms with Gasteiger partial charge in [0.15, 0.2) is 0 Å². The van der Waals surface area contributed by atoms with Gasteiger partial charge in [-0.1, -0.05) is 54.6 Å². The fourth-order valence-electron chi connectivity index (χ4n) is 7.45. The highest BCUT2D eigenvalue weighted by molar-refractivity contribution is 7.91. The predicted octanol–water partition coefficient (Wildman–Crippen LogP) is 10.5. The van der Waals surface area contributed by atoms with Crippen LogP contribution < -0.4 is 0 Å². The number of nitrogens with zero attached hydrogens (tertiary/aromatic N) is 3. The molecule has 7 heteroatoms. The van der Waals surface area contributed by atoms with Crippen LogP contribution in [0.3, 0.4) is 0 Å². The first kappa shape index (κ1) is 28.4. The van der Waals surface area contributed by atoms with Gasteiger partial charge >= 0.3 is 0 Å². The zero-order valence-electron chi connectivity index (χ0n) is 26.4. The standard InChI is InChI=1S/C43H25N3O3S/c44-26-27-14-18-30(19-15-27)50(47,48)31-20-16-29(17-21-31)46-40-23-35-32-10-4-6-12-38(32)45(28-8-2-1-3-9-28)39(35)24-36(40)34-22-37-33-11-5-7-13-42(33)49-43(37)25-41(34)46/h1-25H. The van der Waals surface area contributed by atoms with Crippen LogP contribution in [0.15, 0.2) is 166 Å². The second kappa shape index (κ2) is 10.4. The van der Waals surface area contributed by atoms with E-state index >= 15 is 0 Å². The maximum Gasteiger partial charge on any atom is 0.206 e. The summed E-state index contributed by atoms with van der Waals surface area (Å²) in [6.07, 6.45) is 0. The van der Waals surface area contributed by atoms with E-state index in [1.54, 1.807) is 12.1 Å². The van der Waals surface area contributed by atoms with Crippen LogP contribution in [0.2, 0.25) is 0 Å². The Bertz CT molecular complexity index is 3150. The summed E-state index contributed by atoms with van der Waals surface area (Å²) >= 11 is 0. The summed E-state index contributed by atoms with van der Waals surface area (Å²) in [5.41, 5.74) is 8.12. The number of fused-ring (bicyclic) bond motifs is 9. The average molecular weight is 664 g/mol. The van der Waals surface area contributed by atoms with E-state index in [0.29, 0.717) is 5.56 Å². The quantitative estimate of drug-likeness (QED) is 0.188. The normalized spacial score (nSPS) is 12.1. The Labute approximate surface area is 286 Å². The first-order valence-electron chi connectivity index (χ1n) is 16.2. The molecule has 6 nitrogen and oxygen atoms in total. The van der Waals surface area contributed by atoms with Crippen LogP contribution in [-0.4, -0.2) is 17.6 Å². The summed E-state index contributed by atoms with van der Waals surface area (Å²) in [6.45, 7) is 0. The number of furan rings is 1. The minimum Gasteiger partial charge on any atom is -0.456 e. The van der Waals surface area contributed by atoms with Crippen molar-refractivity contribution < 1.29 is 12.8 Å². The Morgan fingerprint density at radius 1 is 0.460 bits per heavy atom. The summed E-state index contributed by atoms with van der Waals surface area (Å²) < 4.78 is 38.0. The highest BCUT2D eigenvalue weighted by Crippen LogP contribution is 2.42. The van der Waals surface area contributed by atoms with Gasteiger partial charge in [0.05, 0.1) is 43.5 Å². The van der Waals surface area contributed by atoms with Gasteiger partial charge in [-0.2, -0.15) is 5.26 Å². The molecule has 0 radical (unpaired) electrons. The molecule has 0 saturated carbocycles. The van der Waals surface area contributed by atoms with E-state index in [1.165, 1.54) is 24.3 Å². The largest absolute Gasteiger partial charge is 0.456 e. The number of sulfone groups is 1. The smallest absolute Gasteiger partial charge is 0.206 e. The maximum atomic E-state index is 13.6. The number of hydrogen-bond donors (Lipinski definition) is 0. The average Bonchev–Trinajstić information content (AvgIpc) is 3.80. The molecule has 3 aromatic heterocycles. The van der Waals surface area contributed by atoms with Gasteiger partial charge in [0, 0.05) is 49.8 Å². The van der Waals surface area contributed by atoms with E-state index in [2.05, 4.69) is 88.0 Å². The number of aromatic nitrogens is 2. The topological polar surface area (TPSA) is 80.9 Å². The zero-order valence-corrected chi connectivity index (χ0v) is 27.2.